The van der Waals surface area contributed by atoms with E-state index in [1.165, 1.54) is 12.1 Å². The molecule has 0 atom stereocenters. The van der Waals surface area contributed by atoms with Crippen molar-refractivity contribution in [1.29, 1.82) is 0 Å². The lowest BCUT2D eigenvalue weighted by Crippen LogP contribution is -2.09. The predicted molar refractivity (Wildman–Crippen MR) is 69.2 cm³/mol. The van der Waals surface area contributed by atoms with Gasteiger partial charge in [-0.05, 0) is 12.1 Å². The molecular weight excluding hydrogens is 299 g/mol. The van der Waals surface area contributed by atoms with E-state index in [4.69, 9.17) is 23.2 Å². The molecule has 1 aromatic heterocycles. The molecule has 9 heteroatoms. The highest BCUT2D eigenvalue weighted by Gasteiger charge is 2.23. The number of rotatable bonds is 1. The van der Waals surface area contributed by atoms with Gasteiger partial charge in [0.25, 0.3) is 0 Å². The topological polar surface area (TPSA) is 113 Å². The van der Waals surface area contributed by atoms with Gasteiger partial charge < -0.3 is 10.1 Å². The van der Waals surface area contributed by atoms with Crippen molar-refractivity contribution in [3.8, 4) is 5.75 Å². The van der Waals surface area contributed by atoms with Crippen molar-refractivity contribution in [3.63, 3.8) is 0 Å². The Morgan fingerprint density at radius 2 is 1.89 bits per heavy atom. The molecule has 19 heavy (non-hydrogen) atoms. The minimum Gasteiger partial charge on any atom is -0.499 e. The average Bonchev–Trinajstić information content (AvgIpc) is 2.34. The van der Waals surface area contributed by atoms with E-state index in [9.17, 15) is 24.8 Å². The van der Waals surface area contributed by atoms with Gasteiger partial charge in [-0.2, -0.15) is 0 Å². The highest BCUT2D eigenvalue weighted by atomic mass is 35.5. The summed E-state index contributed by atoms with van der Waals surface area (Å²) >= 11 is 11.5. The van der Waals surface area contributed by atoms with E-state index in [2.05, 4.69) is 4.98 Å². The van der Waals surface area contributed by atoms with Crippen LogP contribution < -0.4 is 11.0 Å². The number of nitro groups is 1. The van der Waals surface area contributed by atoms with Crippen LogP contribution in [-0.2, 0) is 0 Å². The number of hydrogen-bond donors (Lipinski definition) is 2. The van der Waals surface area contributed by atoms with Crippen LogP contribution in [0.15, 0.2) is 21.7 Å². The summed E-state index contributed by atoms with van der Waals surface area (Å²) < 4.78 is 0. The summed E-state index contributed by atoms with van der Waals surface area (Å²) in [6.45, 7) is 0. The Morgan fingerprint density at radius 3 is 2.47 bits per heavy atom. The molecule has 2 rings (SSSR count). The fraction of sp³-hybridized carbons (Fsp3) is 0. The number of aromatic hydroxyl groups is 1. The second-order valence-electron chi connectivity index (χ2n) is 3.55. The first kappa shape index (κ1) is 13.3. The first-order valence-electron chi connectivity index (χ1n) is 4.75. The molecule has 0 saturated heterocycles. The Morgan fingerprint density at radius 1 is 1.26 bits per heavy atom. The molecule has 0 aliphatic rings. The Balaban J connectivity index is 3.21. The fourth-order valence-electron chi connectivity index (χ4n) is 1.59. The maximum Gasteiger partial charge on any atom is 0.379 e. The number of fused-ring (bicyclic) bond motifs is 1. The number of nitrogens with one attached hydrogen (secondary N) is 1. The zero-order chi connectivity index (χ0) is 14.3. The maximum absolute atomic E-state index is 11.9. The van der Waals surface area contributed by atoms with E-state index in [-0.39, 0.29) is 20.9 Å². The molecule has 98 valence electrons. The quantitative estimate of drug-likeness (QED) is 0.616. The van der Waals surface area contributed by atoms with E-state index < -0.39 is 27.3 Å². The Kier molecular flexibility index (Phi) is 3.17. The molecule has 0 saturated carbocycles. The Hall–Kier alpha value is -2.12. The zero-order valence-electron chi connectivity index (χ0n) is 8.94. The highest BCUT2D eigenvalue weighted by Crippen LogP contribution is 2.26. The number of nitrogens with zero attached hydrogens (tertiary/aromatic N) is 1. The van der Waals surface area contributed by atoms with Crippen LogP contribution in [0.4, 0.5) is 5.69 Å². The summed E-state index contributed by atoms with van der Waals surface area (Å²) in [5, 5.41) is 20.0. The van der Waals surface area contributed by atoms with Gasteiger partial charge in [-0.3, -0.25) is 19.7 Å². The van der Waals surface area contributed by atoms with Crippen molar-refractivity contribution < 1.29 is 10.0 Å². The second-order valence-corrected chi connectivity index (χ2v) is 4.39. The third-order valence-corrected chi connectivity index (χ3v) is 2.88. The molecule has 2 N–H and O–H groups in total. The Bertz CT molecular complexity index is 831. The molecular formula is C10H4Cl2N2O5. The monoisotopic (exact) mass is 302 g/mol. The summed E-state index contributed by atoms with van der Waals surface area (Å²) in [7, 11) is 0. The van der Waals surface area contributed by atoms with Crippen molar-refractivity contribution in [2.75, 3.05) is 0 Å². The SMILES string of the molecule is O=c1[nH]c2cc(Cl)cc(Cl)c2c(=O)c(O)c1[N+](=O)[O-]. The smallest absolute Gasteiger partial charge is 0.379 e. The minimum atomic E-state index is -1.27. The largest absolute Gasteiger partial charge is 0.499 e. The Labute approximate surface area is 114 Å². The van der Waals surface area contributed by atoms with Crippen LogP contribution in [-0.4, -0.2) is 15.0 Å². The van der Waals surface area contributed by atoms with E-state index in [1.54, 1.807) is 0 Å². The van der Waals surface area contributed by atoms with E-state index >= 15 is 0 Å². The molecule has 0 spiro atoms. The lowest BCUT2D eigenvalue weighted by atomic mass is 10.2. The molecule has 0 fully saturated rings. The van der Waals surface area contributed by atoms with Gasteiger partial charge in [0.2, 0.25) is 11.2 Å². The van der Waals surface area contributed by atoms with Crippen LogP contribution in [0.1, 0.15) is 0 Å². The maximum atomic E-state index is 11.9. The van der Waals surface area contributed by atoms with Crippen molar-refractivity contribution >= 4 is 39.8 Å². The number of halogens is 2. The number of aromatic nitrogens is 1. The van der Waals surface area contributed by atoms with Gasteiger partial charge in [-0.25, -0.2) is 0 Å². The summed E-state index contributed by atoms with van der Waals surface area (Å²) in [5.74, 6) is -1.27. The van der Waals surface area contributed by atoms with Crippen molar-refractivity contribution in [1.82, 2.24) is 4.98 Å². The summed E-state index contributed by atoms with van der Waals surface area (Å²) in [4.78, 5) is 35.1. The van der Waals surface area contributed by atoms with Gasteiger partial charge in [0.05, 0.1) is 20.8 Å². The summed E-state index contributed by atoms with van der Waals surface area (Å²) in [6.07, 6.45) is 0. The molecule has 0 unspecified atom stereocenters. The van der Waals surface area contributed by atoms with Crippen molar-refractivity contribution in [2.24, 2.45) is 0 Å². The van der Waals surface area contributed by atoms with E-state index in [1.807, 2.05) is 0 Å². The molecule has 0 aliphatic carbocycles. The fourth-order valence-corrected chi connectivity index (χ4v) is 2.17. The van der Waals surface area contributed by atoms with Gasteiger partial charge in [0.1, 0.15) is 0 Å². The van der Waals surface area contributed by atoms with E-state index in [0.29, 0.717) is 0 Å². The first-order valence-corrected chi connectivity index (χ1v) is 5.51. The number of H-pyrrole nitrogens is 1. The summed E-state index contributed by atoms with van der Waals surface area (Å²) in [5.41, 5.74) is -3.70. The standard InChI is InChI=1S/C10H4Cl2N2O5/c11-3-1-4(12)6-5(2-3)13-10(17)7(14(18)19)9(16)8(6)15/h1-2H,(H,13,17)(H,15,16). The molecule has 0 aliphatic heterocycles. The van der Waals surface area contributed by atoms with Gasteiger partial charge in [0, 0.05) is 5.02 Å². The number of benzene rings is 1. The van der Waals surface area contributed by atoms with Gasteiger partial charge >= 0.3 is 11.2 Å². The second kappa shape index (κ2) is 4.52. The van der Waals surface area contributed by atoms with Crippen LogP contribution in [0, 0.1) is 10.1 Å². The van der Waals surface area contributed by atoms with E-state index in [0.717, 1.165) is 0 Å². The minimum absolute atomic E-state index is 0.101. The van der Waals surface area contributed by atoms with Gasteiger partial charge in [-0.1, -0.05) is 23.2 Å². The van der Waals surface area contributed by atoms with Gasteiger partial charge in [-0.15, -0.1) is 0 Å². The van der Waals surface area contributed by atoms with Crippen molar-refractivity contribution in [2.45, 2.75) is 0 Å². The van der Waals surface area contributed by atoms with Crippen LogP contribution in [0.25, 0.3) is 10.9 Å². The first-order chi connectivity index (χ1) is 8.82. The third kappa shape index (κ3) is 2.13. The molecule has 2 aromatic rings. The molecule has 0 bridgehead atoms. The molecule has 0 radical (unpaired) electrons. The van der Waals surface area contributed by atoms with Gasteiger partial charge in [0.15, 0.2) is 0 Å². The molecule has 1 aromatic carbocycles. The predicted octanol–water partition coefficient (Wildman–Crippen LogP) is 1.81. The van der Waals surface area contributed by atoms with Crippen LogP contribution in [0.3, 0.4) is 0 Å². The highest BCUT2D eigenvalue weighted by molar-refractivity contribution is 6.38. The van der Waals surface area contributed by atoms with Crippen LogP contribution >= 0.6 is 23.2 Å². The summed E-state index contributed by atoms with van der Waals surface area (Å²) in [6, 6.07) is 2.42. The third-order valence-electron chi connectivity index (χ3n) is 2.37. The number of aromatic amines is 1. The molecule has 7 nitrogen and oxygen atoms in total. The normalized spacial score (nSPS) is 10.6. The van der Waals surface area contributed by atoms with Crippen LogP contribution in [0.5, 0.6) is 5.75 Å². The lowest BCUT2D eigenvalue weighted by molar-refractivity contribution is -0.387. The molecule has 1 heterocycles. The molecule has 0 amide bonds. The zero-order valence-corrected chi connectivity index (χ0v) is 10.4. The van der Waals surface area contributed by atoms with Crippen molar-refractivity contribution in [3.05, 3.63) is 52.9 Å². The average molecular weight is 303 g/mol. The lowest BCUT2D eigenvalue weighted by Gasteiger charge is -1.96. The number of hydrogen-bond acceptors (Lipinski definition) is 5. The van der Waals surface area contributed by atoms with Crippen LogP contribution in [0.2, 0.25) is 10.0 Å².